The summed E-state index contributed by atoms with van der Waals surface area (Å²) in [5.74, 6) is 0.825. The minimum Gasteiger partial charge on any atom is -0.492 e. The van der Waals surface area contributed by atoms with Gasteiger partial charge in [-0.1, -0.05) is 48.7 Å². The summed E-state index contributed by atoms with van der Waals surface area (Å²) >= 11 is 11.6. The van der Waals surface area contributed by atoms with Crippen LogP contribution in [0.1, 0.15) is 44.6 Å². The van der Waals surface area contributed by atoms with Crippen molar-refractivity contribution in [1.29, 1.82) is 0 Å². The first-order valence-corrected chi connectivity index (χ1v) is 10.4. The largest absolute Gasteiger partial charge is 0.492 e. The molecule has 5 heteroatoms. The summed E-state index contributed by atoms with van der Waals surface area (Å²) < 4.78 is 5.69. The van der Waals surface area contributed by atoms with Gasteiger partial charge in [0.1, 0.15) is 5.75 Å². The highest BCUT2D eigenvalue weighted by Gasteiger charge is 2.34. The smallest absolute Gasteiger partial charge is 0.171 e. The van der Waals surface area contributed by atoms with Crippen molar-refractivity contribution < 1.29 is 4.74 Å². The van der Waals surface area contributed by atoms with Gasteiger partial charge >= 0.3 is 0 Å². The lowest BCUT2D eigenvalue weighted by molar-refractivity contribution is 0.341. The molecule has 1 aliphatic rings. The molecular formula is C22H27ClN2OS. The maximum Gasteiger partial charge on any atom is 0.171 e. The van der Waals surface area contributed by atoms with Crippen LogP contribution in [0.3, 0.4) is 0 Å². The number of ether oxygens (including phenoxy) is 1. The second kappa shape index (κ2) is 9.43. The number of hydrogen-bond donors (Lipinski definition) is 2. The molecule has 0 amide bonds. The first kappa shape index (κ1) is 20.0. The highest BCUT2D eigenvalue weighted by atomic mass is 35.5. The predicted octanol–water partition coefficient (Wildman–Crippen LogP) is 5.97. The summed E-state index contributed by atoms with van der Waals surface area (Å²) in [7, 11) is 0. The number of thiocarbonyl (C=S) groups is 1. The molecule has 144 valence electrons. The van der Waals surface area contributed by atoms with Crippen molar-refractivity contribution in [2.45, 2.75) is 51.0 Å². The zero-order chi connectivity index (χ0) is 19.1. The molecule has 0 spiro atoms. The third kappa shape index (κ3) is 5.60. The van der Waals surface area contributed by atoms with E-state index in [0.29, 0.717) is 11.7 Å². The number of nitrogens with one attached hydrogen (secondary N) is 2. The maximum absolute atomic E-state index is 6.00. The SMILES string of the molecule is CCOc1ccccc1NC(=S)NC1(CCc2ccc(Cl)cc2)CCCC1. The Hall–Kier alpha value is -1.78. The first-order chi connectivity index (χ1) is 13.1. The van der Waals surface area contributed by atoms with Crippen LogP contribution >= 0.6 is 23.8 Å². The van der Waals surface area contributed by atoms with E-state index in [9.17, 15) is 0 Å². The van der Waals surface area contributed by atoms with Gasteiger partial charge < -0.3 is 15.4 Å². The first-order valence-electron chi connectivity index (χ1n) is 9.66. The second-order valence-corrected chi connectivity index (χ2v) is 7.97. The number of hydrogen-bond acceptors (Lipinski definition) is 2. The lowest BCUT2D eigenvalue weighted by Gasteiger charge is -2.32. The predicted molar refractivity (Wildman–Crippen MR) is 118 cm³/mol. The molecule has 0 bridgehead atoms. The van der Waals surface area contributed by atoms with Crippen molar-refractivity contribution in [3.05, 3.63) is 59.1 Å². The van der Waals surface area contributed by atoms with Gasteiger partial charge in [0.15, 0.2) is 5.11 Å². The van der Waals surface area contributed by atoms with E-state index in [0.717, 1.165) is 42.1 Å². The minimum atomic E-state index is 0.0598. The molecular weight excluding hydrogens is 376 g/mol. The zero-order valence-electron chi connectivity index (χ0n) is 15.8. The molecule has 0 radical (unpaired) electrons. The molecule has 1 fully saturated rings. The van der Waals surface area contributed by atoms with Crippen LogP contribution in [0.4, 0.5) is 5.69 Å². The topological polar surface area (TPSA) is 33.3 Å². The molecule has 0 unspecified atom stereocenters. The van der Waals surface area contributed by atoms with Gasteiger partial charge in [-0.05, 0) is 74.7 Å². The zero-order valence-corrected chi connectivity index (χ0v) is 17.3. The Morgan fingerprint density at radius 2 is 1.81 bits per heavy atom. The second-order valence-electron chi connectivity index (χ2n) is 7.12. The molecule has 0 atom stereocenters. The van der Waals surface area contributed by atoms with Crippen LogP contribution in [-0.4, -0.2) is 17.3 Å². The summed E-state index contributed by atoms with van der Waals surface area (Å²) in [5, 5.41) is 8.41. The summed E-state index contributed by atoms with van der Waals surface area (Å²) in [5.41, 5.74) is 2.28. The highest BCUT2D eigenvalue weighted by Crippen LogP contribution is 2.34. The third-order valence-electron chi connectivity index (χ3n) is 5.18. The number of aryl methyl sites for hydroxylation is 1. The Balaban J connectivity index is 1.63. The van der Waals surface area contributed by atoms with Crippen molar-refractivity contribution >= 4 is 34.6 Å². The molecule has 2 N–H and O–H groups in total. The fraction of sp³-hybridized carbons (Fsp3) is 0.409. The van der Waals surface area contributed by atoms with E-state index in [1.54, 1.807) is 0 Å². The van der Waals surface area contributed by atoms with Crippen molar-refractivity contribution in [3.63, 3.8) is 0 Å². The van der Waals surface area contributed by atoms with Gasteiger partial charge in [0.05, 0.1) is 12.3 Å². The molecule has 2 aromatic carbocycles. The van der Waals surface area contributed by atoms with Crippen molar-refractivity contribution in [2.75, 3.05) is 11.9 Å². The van der Waals surface area contributed by atoms with E-state index in [1.165, 1.54) is 18.4 Å². The van der Waals surface area contributed by atoms with Gasteiger partial charge in [0, 0.05) is 10.6 Å². The lowest BCUT2D eigenvalue weighted by atomic mass is 9.89. The molecule has 0 heterocycles. The van der Waals surface area contributed by atoms with Gasteiger partial charge in [0.25, 0.3) is 0 Å². The molecule has 0 aromatic heterocycles. The van der Waals surface area contributed by atoms with Crippen LogP contribution in [-0.2, 0) is 6.42 Å². The van der Waals surface area contributed by atoms with Crippen molar-refractivity contribution in [3.8, 4) is 5.75 Å². The standard InChI is InChI=1S/C22H27ClN2OS/c1-2-26-20-8-4-3-7-19(20)24-21(27)25-22(14-5-6-15-22)16-13-17-9-11-18(23)12-10-17/h3-4,7-12H,2,5-6,13-16H2,1H3,(H2,24,25,27). The molecule has 1 saturated carbocycles. The number of halogens is 1. The Kier molecular flexibility index (Phi) is 6.97. The Bertz CT molecular complexity index is 757. The molecule has 1 aliphatic carbocycles. The summed E-state index contributed by atoms with van der Waals surface area (Å²) in [6.45, 7) is 2.61. The third-order valence-corrected chi connectivity index (χ3v) is 5.64. The van der Waals surface area contributed by atoms with Gasteiger partial charge in [-0.2, -0.15) is 0 Å². The maximum atomic E-state index is 6.00. The van der Waals surface area contributed by atoms with Crippen LogP contribution in [0.5, 0.6) is 5.75 Å². The quantitative estimate of drug-likeness (QED) is 0.559. The molecule has 0 aliphatic heterocycles. The summed E-state index contributed by atoms with van der Waals surface area (Å²) in [6.07, 6.45) is 6.86. The van der Waals surface area contributed by atoms with Crippen LogP contribution in [0.25, 0.3) is 0 Å². The fourth-order valence-corrected chi connectivity index (χ4v) is 4.22. The number of para-hydroxylation sites is 2. The molecule has 2 aromatic rings. The normalized spacial score (nSPS) is 15.3. The Morgan fingerprint density at radius 1 is 1.11 bits per heavy atom. The Labute approximate surface area is 172 Å². The highest BCUT2D eigenvalue weighted by molar-refractivity contribution is 7.80. The van der Waals surface area contributed by atoms with Crippen molar-refractivity contribution in [1.82, 2.24) is 5.32 Å². The van der Waals surface area contributed by atoms with Crippen molar-refractivity contribution in [2.24, 2.45) is 0 Å². The van der Waals surface area contributed by atoms with E-state index in [2.05, 4.69) is 22.8 Å². The average molecular weight is 403 g/mol. The fourth-order valence-electron chi connectivity index (χ4n) is 3.77. The average Bonchev–Trinajstić information content (AvgIpc) is 3.12. The van der Waals surface area contributed by atoms with E-state index in [1.807, 2.05) is 43.3 Å². The van der Waals surface area contributed by atoms with Gasteiger partial charge in [-0.3, -0.25) is 0 Å². The number of anilines is 1. The van der Waals surface area contributed by atoms with E-state index < -0.39 is 0 Å². The van der Waals surface area contributed by atoms with E-state index >= 15 is 0 Å². The van der Waals surface area contributed by atoms with Crippen LogP contribution in [0.15, 0.2) is 48.5 Å². The summed E-state index contributed by atoms with van der Waals surface area (Å²) in [6, 6.07) is 16.1. The van der Waals surface area contributed by atoms with Crippen LogP contribution < -0.4 is 15.4 Å². The monoisotopic (exact) mass is 402 g/mol. The number of benzene rings is 2. The minimum absolute atomic E-state index is 0.0598. The Morgan fingerprint density at radius 3 is 2.52 bits per heavy atom. The summed E-state index contributed by atoms with van der Waals surface area (Å²) in [4.78, 5) is 0. The molecule has 3 nitrogen and oxygen atoms in total. The van der Waals surface area contributed by atoms with Gasteiger partial charge in [0.2, 0.25) is 0 Å². The lowest BCUT2D eigenvalue weighted by Crippen LogP contribution is -2.48. The van der Waals surface area contributed by atoms with E-state index in [4.69, 9.17) is 28.6 Å². The van der Waals surface area contributed by atoms with E-state index in [-0.39, 0.29) is 5.54 Å². The van der Waals surface area contributed by atoms with Crippen LogP contribution in [0, 0.1) is 0 Å². The van der Waals surface area contributed by atoms with Gasteiger partial charge in [-0.25, -0.2) is 0 Å². The molecule has 27 heavy (non-hydrogen) atoms. The number of rotatable bonds is 7. The molecule has 0 saturated heterocycles. The molecule has 3 rings (SSSR count). The van der Waals surface area contributed by atoms with Gasteiger partial charge in [-0.15, -0.1) is 0 Å². The van der Waals surface area contributed by atoms with Crippen LogP contribution in [0.2, 0.25) is 5.02 Å².